The fraction of sp³-hybridized carbons (Fsp3) is 0.571. The molecule has 0 fully saturated rings. The van der Waals surface area contributed by atoms with Crippen LogP contribution in [0.4, 0.5) is 0 Å². The molecule has 1 heterocycles. The minimum absolute atomic E-state index is 0.639. The standard InChI is InChI=1S/C21H31ClN2S/c1-2-3-4-5-6-7-8-9-21(16-24-15-14-23-18-24)25-17-19-10-12-20(22)13-11-19/h10-15,18,21H,2-9,16-17H2,1H3. The van der Waals surface area contributed by atoms with E-state index in [9.17, 15) is 0 Å². The van der Waals surface area contributed by atoms with Crippen LogP contribution in [0.1, 0.15) is 63.9 Å². The maximum atomic E-state index is 5.98. The van der Waals surface area contributed by atoms with E-state index in [1.54, 1.807) is 0 Å². The Morgan fingerprint density at radius 3 is 2.44 bits per heavy atom. The van der Waals surface area contributed by atoms with E-state index >= 15 is 0 Å². The molecule has 138 valence electrons. The first-order valence-electron chi connectivity index (χ1n) is 9.59. The van der Waals surface area contributed by atoms with Crippen LogP contribution in [-0.4, -0.2) is 14.8 Å². The van der Waals surface area contributed by atoms with Crippen molar-refractivity contribution in [1.82, 2.24) is 9.55 Å². The lowest BCUT2D eigenvalue weighted by atomic mass is 10.1. The smallest absolute Gasteiger partial charge is 0.0946 e. The molecular weight excluding hydrogens is 348 g/mol. The van der Waals surface area contributed by atoms with Crippen LogP contribution in [0.5, 0.6) is 0 Å². The van der Waals surface area contributed by atoms with Gasteiger partial charge in [-0.05, 0) is 24.1 Å². The number of rotatable bonds is 13. The molecule has 0 N–H and O–H groups in total. The van der Waals surface area contributed by atoms with Crippen LogP contribution in [0, 0.1) is 0 Å². The normalized spacial score (nSPS) is 12.4. The Balaban J connectivity index is 1.73. The maximum Gasteiger partial charge on any atom is 0.0946 e. The van der Waals surface area contributed by atoms with Crippen molar-refractivity contribution < 1.29 is 0 Å². The zero-order valence-corrected chi connectivity index (χ0v) is 16.9. The monoisotopic (exact) mass is 378 g/mol. The summed E-state index contributed by atoms with van der Waals surface area (Å²) >= 11 is 8.04. The second-order valence-corrected chi connectivity index (χ2v) is 8.45. The molecule has 0 saturated heterocycles. The van der Waals surface area contributed by atoms with Crippen LogP contribution in [0.15, 0.2) is 43.0 Å². The van der Waals surface area contributed by atoms with Gasteiger partial charge < -0.3 is 4.57 Å². The third kappa shape index (κ3) is 8.82. The van der Waals surface area contributed by atoms with Crippen molar-refractivity contribution in [3.8, 4) is 0 Å². The molecular formula is C21H31ClN2S. The van der Waals surface area contributed by atoms with E-state index < -0.39 is 0 Å². The van der Waals surface area contributed by atoms with Gasteiger partial charge in [-0.1, -0.05) is 75.6 Å². The number of thioether (sulfide) groups is 1. The second kappa shape index (κ2) is 12.4. The van der Waals surface area contributed by atoms with Gasteiger partial charge in [0.2, 0.25) is 0 Å². The van der Waals surface area contributed by atoms with Gasteiger partial charge in [-0.2, -0.15) is 11.8 Å². The van der Waals surface area contributed by atoms with Crippen molar-refractivity contribution in [3.05, 3.63) is 53.6 Å². The highest BCUT2D eigenvalue weighted by Crippen LogP contribution is 2.25. The van der Waals surface area contributed by atoms with Gasteiger partial charge in [0, 0.05) is 35.0 Å². The molecule has 1 aromatic carbocycles. The zero-order chi connectivity index (χ0) is 17.7. The van der Waals surface area contributed by atoms with Gasteiger partial charge in [0.25, 0.3) is 0 Å². The topological polar surface area (TPSA) is 17.8 Å². The summed E-state index contributed by atoms with van der Waals surface area (Å²) in [5.74, 6) is 1.05. The molecule has 0 spiro atoms. The number of halogens is 1. The quantitative estimate of drug-likeness (QED) is 0.350. The van der Waals surface area contributed by atoms with Crippen molar-refractivity contribution in [2.75, 3.05) is 0 Å². The van der Waals surface area contributed by atoms with Crippen LogP contribution in [-0.2, 0) is 12.3 Å². The summed E-state index contributed by atoms with van der Waals surface area (Å²) in [5, 5.41) is 1.45. The molecule has 0 saturated carbocycles. The third-order valence-corrected chi connectivity index (χ3v) is 6.11. The molecule has 1 atom stereocenters. The molecule has 1 aromatic heterocycles. The van der Waals surface area contributed by atoms with Gasteiger partial charge in [-0.25, -0.2) is 4.98 Å². The Hall–Kier alpha value is -0.930. The van der Waals surface area contributed by atoms with E-state index in [2.05, 4.69) is 46.6 Å². The number of nitrogens with zero attached hydrogens (tertiary/aromatic N) is 2. The second-order valence-electron chi connectivity index (χ2n) is 6.73. The third-order valence-electron chi connectivity index (χ3n) is 4.50. The van der Waals surface area contributed by atoms with E-state index in [-0.39, 0.29) is 0 Å². The summed E-state index contributed by atoms with van der Waals surface area (Å²) in [6.07, 6.45) is 16.8. The van der Waals surface area contributed by atoms with Crippen LogP contribution in [0.3, 0.4) is 0 Å². The van der Waals surface area contributed by atoms with E-state index in [1.807, 2.05) is 24.7 Å². The molecule has 1 unspecified atom stereocenters. The van der Waals surface area contributed by atoms with Crippen LogP contribution in [0.2, 0.25) is 5.02 Å². The lowest BCUT2D eigenvalue weighted by Gasteiger charge is -2.17. The molecule has 0 aliphatic rings. The van der Waals surface area contributed by atoms with Crippen molar-refractivity contribution >= 4 is 23.4 Å². The molecule has 2 rings (SSSR count). The number of hydrogen-bond acceptors (Lipinski definition) is 2. The zero-order valence-electron chi connectivity index (χ0n) is 15.4. The minimum atomic E-state index is 0.639. The lowest BCUT2D eigenvalue weighted by Crippen LogP contribution is -2.12. The average molecular weight is 379 g/mol. The summed E-state index contributed by atoms with van der Waals surface area (Å²) in [7, 11) is 0. The number of unbranched alkanes of at least 4 members (excludes halogenated alkanes) is 6. The molecule has 2 nitrogen and oxygen atoms in total. The molecule has 0 aliphatic heterocycles. The highest BCUT2D eigenvalue weighted by Gasteiger charge is 2.10. The van der Waals surface area contributed by atoms with Crippen molar-refractivity contribution in [2.24, 2.45) is 0 Å². The molecule has 2 aromatic rings. The summed E-state index contributed by atoms with van der Waals surface area (Å²) < 4.78 is 2.21. The molecule has 25 heavy (non-hydrogen) atoms. The summed E-state index contributed by atoms with van der Waals surface area (Å²) in [4.78, 5) is 4.18. The van der Waals surface area contributed by atoms with Crippen LogP contribution >= 0.6 is 23.4 Å². The van der Waals surface area contributed by atoms with Gasteiger partial charge in [0.15, 0.2) is 0 Å². The first-order chi connectivity index (χ1) is 12.3. The Bertz CT molecular complexity index is 554. The van der Waals surface area contributed by atoms with E-state index in [1.165, 1.54) is 56.9 Å². The minimum Gasteiger partial charge on any atom is -0.336 e. The van der Waals surface area contributed by atoms with E-state index in [0.29, 0.717) is 5.25 Å². The summed E-state index contributed by atoms with van der Waals surface area (Å²) in [5.41, 5.74) is 1.35. The molecule has 0 bridgehead atoms. The predicted octanol–water partition coefficient (Wildman–Crippen LogP) is 6.98. The Kier molecular flexibility index (Phi) is 10.1. The highest BCUT2D eigenvalue weighted by molar-refractivity contribution is 7.99. The van der Waals surface area contributed by atoms with Crippen LogP contribution < -0.4 is 0 Å². The lowest BCUT2D eigenvalue weighted by molar-refractivity contribution is 0.546. The maximum absolute atomic E-state index is 5.98. The largest absolute Gasteiger partial charge is 0.336 e. The molecule has 0 aliphatic carbocycles. The van der Waals surface area contributed by atoms with Crippen molar-refractivity contribution in [1.29, 1.82) is 0 Å². The van der Waals surface area contributed by atoms with Crippen LogP contribution in [0.25, 0.3) is 0 Å². The average Bonchev–Trinajstić information content (AvgIpc) is 3.13. The Labute approximate surface area is 162 Å². The molecule has 4 heteroatoms. The van der Waals surface area contributed by atoms with Gasteiger partial charge in [-0.3, -0.25) is 0 Å². The fourth-order valence-corrected chi connectivity index (χ4v) is 4.34. The SMILES string of the molecule is CCCCCCCCCC(Cn1ccnc1)SCc1ccc(Cl)cc1. The first-order valence-corrected chi connectivity index (χ1v) is 11.0. The van der Waals surface area contributed by atoms with Gasteiger partial charge in [0.1, 0.15) is 0 Å². The number of imidazole rings is 1. The van der Waals surface area contributed by atoms with Crippen molar-refractivity contribution in [3.63, 3.8) is 0 Å². The van der Waals surface area contributed by atoms with Gasteiger partial charge >= 0.3 is 0 Å². The summed E-state index contributed by atoms with van der Waals surface area (Å²) in [6, 6.07) is 8.24. The van der Waals surface area contributed by atoms with Gasteiger partial charge in [-0.15, -0.1) is 0 Å². The summed E-state index contributed by atoms with van der Waals surface area (Å²) in [6.45, 7) is 3.33. The predicted molar refractivity (Wildman–Crippen MR) is 111 cm³/mol. The van der Waals surface area contributed by atoms with Gasteiger partial charge in [0.05, 0.1) is 6.33 Å². The Morgan fingerprint density at radius 1 is 1.04 bits per heavy atom. The number of benzene rings is 1. The van der Waals surface area contributed by atoms with Crippen molar-refractivity contribution in [2.45, 2.75) is 75.8 Å². The fourth-order valence-electron chi connectivity index (χ4n) is 2.98. The number of hydrogen-bond donors (Lipinski definition) is 0. The van der Waals surface area contributed by atoms with E-state index in [4.69, 9.17) is 11.6 Å². The van der Waals surface area contributed by atoms with E-state index in [0.717, 1.165) is 17.3 Å². The first kappa shape index (κ1) is 20.4. The molecule has 0 amide bonds. The Morgan fingerprint density at radius 2 is 1.76 bits per heavy atom. The highest BCUT2D eigenvalue weighted by atomic mass is 35.5. The number of aromatic nitrogens is 2. The molecule has 0 radical (unpaired) electrons.